The summed E-state index contributed by atoms with van der Waals surface area (Å²) in [6.45, 7) is 6.44. The molecule has 0 bridgehead atoms. The number of rotatable bonds is 1. The van der Waals surface area contributed by atoms with Crippen LogP contribution in [-0.4, -0.2) is 31.4 Å². The molecule has 20 heavy (non-hydrogen) atoms. The summed E-state index contributed by atoms with van der Waals surface area (Å²) in [7, 11) is -0.200. The van der Waals surface area contributed by atoms with E-state index in [1.165, 1.54) is 7.11 Å². The number of fused-ring (bicyclic) bond motifs is 1. The third kappa shape index (κ3) is 2.68. The monoisotopic (exact) mass is 287 g/mol. The number of ether oxygens (including phenoxy) is 1. The first kappa shape index (κ1) is 14.2. The Labute approximate surface area is 118 Å². The van der Waals surface area contributed by atoms with E-state index in [1.54, 1.807) is 6.20 Å². The van der Waals surface area contributed by atoms with Crippen LogP contribution >= 0.6 is 0 Å². The number of nitrogens with one attached hydrogen (secondary N) is 1. The van der Waals surface area contributed by atoms with Crippen LogP contribution < -0.4 is 5.73 Å². The minimum Gasteiger partial charge on any atom is -0.465 e. The van der Waals surface area contributed by atoms with Crippen LogP contribution in [0.5, 0.6) is 0 Å². The van der Waals surface area contributed by atoms with Crippen molar-refractivity contribution in [2.45, 2.75) is 19.6 Å². The van der Waals surface area contributed by atoms with Crippen LogP contribution in [0, 0.1) is 11.5 Å². The number of hydrogen-bond donors (Lipinski definition) is 2. The van der Waals surface area contributed by atoms with Crippen molar-refractivity contribution >= 4 is 30.6 Å². The van der Waals surface area contributed by atoms with Gasteiger partial charge < -0.3 is 10.5 Å². The summed E-state index contributed by atoms with van der Waals surface area (Å²) in [5.41, 5.74) is 11.2. The van der Waals surface area contributed by atoms with Crippen LogP contribution in [0.25, 0.3) is 10.9 Å². The molecule has 1 heterocycles. The van der Waals surface area contributed by atoms with Gasteiger partial charge in [0.2, 0.25) is 0 Å². The number of nitrogens with zero attached hydrogens (tertiary/aromatic N) is 1. The summed E-state index contributed by atoms with van der Waals surface area (Å²) in [5.74, 6) is 2.60. The molecule has 0 spiro atoms. The van der Waals surface area contributed by atoms with Gasteiger partial charge in [-0.3, -0.25) is 5.10 Å². The number of nitrogens with two attached hydrogens (primary N) is 1. The average Bonchev–Trinajstić information content (AvgIpc) is 2.82. The first-order chi connectivity index (χ1) is 9.33. The zero-order chi connectivity index (χ0) is 14.9. The van der Waals surface area contributed by atoms with Crippen LogP contribution in [0.3, 0.4) is 0 Å². The molecule has 0 radical (unpaired) electrons. The number of carbonyl (C=O) groups excluding carboxylic acids is 1. The van der Waals surface area contributed by atoms with Gasteiger partial charge in [-0.1, -0.05) is 25.6 Å². The summed E-state index contributed by atoms with van der Waals surface area (Å²) in [6.07, 6.45) is 1.64. The average molecular weight is 287 g/mol. The number of esters is 1. The zero-order valence-electron chi connectivity index (χ0n) is 12.0. The summed E-state index contributed by atoms with van der Waals surface area (Å²) in [5, 5.41) is 7.51. The Morgan fingerprint density at radius 2 is 2.15 bits per heavy atom. The highest BCUT2D eigenvalue weighted by Crippen LogP contribution is 2.27. The van der Waals surface area contributed by atoms with E-state index < -0.39 is 14.0 Å². The van der Waals surface area contributed by atoms with E-state index in [0.717, 1.165) is 5.39 Å². The van der Waals surface area contributed by atoms with Crippen molar-refractivity contribution in [2.75, 3.05) is 12.8 Å². The van der Waals surface area contributed by atoms with E-state index in [0.29, 0.717) is 22.3 Å². The highest BCUT2D eigenvalue weighted by Gasteiger charge is 2.19. The van der Waals surface area contributed by atoms with Crippen molar-refractivity contribution < 1.29 is 9.53 Å². The van der Waals surface area contributed by atoms with E-state index in [-0.39, 0.29) is 0 Å². The molecule has 1 aromatic carbocycles. The molecule has 0 saturated heterocycles. The molecule has 0 aliphatic heterocycles. The number of carbonyl (C=O) groups is 1. The second-order valence-electron chi connectivity index (χ2n) is 5.54. The summed E-state index contributed by atoms with van der Waals surface area (Å²) >= 11 is 0. The van der Waals surface area contributed by atoms with Gasteiger partial charge in [-0.15, -0.1) is 5.54 Å². The van der Waals surface area contributed by atoms with Crippen molar-refractivity contribution in [1.82, 2.24) is 10.2 Å². The predicted octanol–water partition coefficient (Wildman–Crippen LogP) is 2.16. The minimum atomic E-state index is -1.52. The molecule has 0 unspecified atom stereocenters. The quantitative estimate of drug-likeness (QED) is 0.364. The summed E-state index contributed by atoms with van der Waals surface area (Å²) in [4.78, 5) is 11.9. The number of aromatic amines is 1. The molecule has 1 aromatic heterocycles. The zero-order valence-corrected chi connectivity index (χ0v) is 13.0. The number of benzene rings is 1. The van der Waals surface area contributed by atoms with Crippen molar-refractivity contribution in [3.8, 4) is 11.5 Å². The van der Waals surface area contributed by atoms with E-state index in [1.807, 2.05) is 6.07 Å². The van der Waals surface area contributed by atoms with Crippen molar-refractivity contribution in [3.63, 3.8) is 0 Å². The molecule has 3 N–H and O–H groups in total. The maximum absolute atomic E-state index is 11.9. The molecule has 5 nitrogen and oxygen atoms in total. The van der Waals surface area contributed by atoms with E-state index >= 15 is 0 Å². The number of H-pyrrole nitrogens is 1. The van der Waals surface area contributed by atoms with Crippen molar-refractivity contribution in [3.05, 3.63) is 23.4 Å². The van der Waals surface area contributed by atoms with Crippen LogP contribution in [0.1, 0.15) is 15.9 Å². The Kier molecular flexibility index (Phi) is 3.55. The molecule has 0 atom stereocenters. The molecule has 0 amide bonds. The van der Waals surface area contributed by atoms with Crippen LogP contribution in [0.4, 0.5) is 5.69 Å². The maximum atomic E-state index is 11.9. The van der Waals surface area contributed by atoms with E-state index in [2.05, 4.69) is 41.3 Å². The lowest BCUT2D eigenvalue weighted by Gasteiger charge is -2.08. The molecule has 104 valence electrons. The van der Waals surface area contributed by atoms with Crippen LogP contribution in [0.15, 0.2) is 12.3 Å². The molecule has 0 aliphatic rings. The van der Waals surface area contributed by atoms with Crippen molar-refractivity contribution in [2.24, 2.45) is 0 Å². The molecule has 6 heteroatoms. The normalized spacial score (nSPS) is 11.0. The topological polar surface area (TPSA) is 81.0 Å². The SMILES string of the molecule is COC(=O)c1c(N)c(C#C[Si](C)(C)C)cc2cn[nH]c12. The van der Waals surface area contributed by atoms with Gasteiger partial charge in [0.1, 0.15) is 13.6 Å². The third-order valence-electron chi connectivity index (χ3n) is 2.74. The molecular weight excluding hydrogens is 270 g/mol. The fourth-order valence-corrected chi connectivity index (χ4v) is 2.29. The van der Waals surface area contributed by atoms with Gasteiger partial charge in [0.15, 0.2) is 0 Å². The number of hydrogen-bond acceptors (Lipinski definition) is 4. The fourth-order valence-electron chi connectivity index (χ4n) is 1.78. The Bertz CT molecular complexity index is 732. The molecule has 0 saturated carbocycles. The van der Waals surface area contributed by atoms with Gasteiger partial charge in [0, 0.05) is 10.9 Å². The van der Waals surface area contributed by atoms with Gasteiger partial charge >= 0.3 is 5.97 Å². The number of methoxy groups -OCH3 is 1. The lowest BCUT2D eigenvalue weighted by atomic mass is 10.0. The minimum absolute atomic E-state index is 0.294. The van der Waals surface area contributed by atoms with Gasteiger partial charge in [-0.05, 0) is 6.07 Å². The molecular formula is C14H17N3O2Si. The summed E-state index contributed by atoms with van der Waals surface area (Å²) < 4.78 is 4.79. The number of nitrogen functional groups attached to an aromatic ring is 1. The lowest BCUT2D eigenvalue weighted by molar-refractivity contribution is 0.0604. The standard InChI is InChI=1S/C14H17N3O2Si/c1-19-14(18)11-12(15)9(5-6-20(2,3)4)7-10-8-16-17-13(10)11/h7-8H,15H2,1-4H3,(H,16,17). The van der Waals surface area contributed by atoms with Crippen LogP contribution in [0.2, 0.25) is 19.6 Å². The predicted molar refractivity (Wildman–Crippen MR) is 82.1 cm³/mol. The molecule has 2 rings (SSSR count). The van der Waals surface area contributed by atoms with Gasteiger partial charge in [-0.25, -0.2) is 4.79 Å². The summed E-state index contributed by atoms with van der Waals surface area (Å²) in [6, 6.07) is 1.84. The fraction of sp³-hybridized carbons (Fsp3) is 0.286. The third-order valence-corrected chi connectivity index (χ3v) is 3.61. The smallest absolute Gasteiger partial charge is 0.342 e. The Balaban J connectivity index is 2.70. The highest BCUT2D eigenvalue weighted by atomic mass is 28.3. The van der Waals surface area contributed by atoms with E-state index in [9.17, 15) is 4.79 Å². The Morgan fingerprint density at radius 3 is 2.75 bits per heavy atom. The molecule has 0 aliphatic carbocycles. The second-order valence-corrected chi connectivity index (χ2v) is 10.3. The maximum Gasteiger partial charge on any atom is 0.342 e. The van der Waals surface area contributed by atoms with Gasteiger partial charge in [-0.2, -0.15) is 5.10 Å². The number of anilines is 1. The number of aromatic nitrogens is 2. The molecule has 2 aromatic rings. The first-order valence-electron chi connectivity index (χ1n) is 6.20. The largest absolute Gasteiger partial charge is 0.465 e. The first-order valence-corrected chi connectivity index (χ1v) is 9.70. The van der Waals surface area contributed by atoms with Crippen LogP contribution in [-0.2, 0) is 4.74 Å². The lowest BCUT2D eigenvalue weighted by Crippen LogP contribution is -2.16. The van der Waals surface area contributed by atoms with Gasteiger partial charge in [0.05, 0.1) is 24.5 Å². The Hall–Kier alpha value is -2.26. The Morgan fingerprint density at radius 1 is 1.45 bits per heavy atom. The van der Waals surface area contributed by atoms with Crippen molar-refractivity contribution in [1.29, 1.82) is 0 Å². The highest BCUT2D eigenvalue weighted by molar-refractivity contribution is 6.83. The molecule has 0 fully saturated rings. The van der Waals surface area contributed by atoms with E-state index in [4.69, 9.17) is 10.5 Å². The second kappa shape index (κ2) is 5.02. The van der Waals surface area contributed by atoms with Gasteiger partial charge in [0.25, 0.3) is 0 Å².